The molecular formula is C32H43F3N8O3. The molecule has 0 unspecified atom stereocenters. The number of carbonyl (C=O) groups excluding carboxylic acids is 1. The number of amides is 1. The lowest BCUT2D eigenvalue weighted by Gasteiger charge is -2.40. The predicted molar refractivity (Wildman–Crippen MR) is 173 cm³/mol. The number of alkyl halides is 3. The van der Waals surface area contributed by atoms with Gasteiger partial charge in [-0.2, -0.15) is 13.2 Å². The van der Waals surface area contributed by atoms with E-state index in [4.69, 9.17) is 10.5 Å². The van der Waals surface area contributed by atoms with Gasteiger partial charge in [0.25, 0.3) is 11.5 Å². The lowest BCUT2D eigenvalue weighted by atomic mass is 10.0. The summed E-state index contributed by atoms with van der Waals surface area (Å²) in [6, 6.07) is 3.36. The molecule has 0 saturated carbocycles. The van der Waals surface area contributed by atoms with Crippen molar-refractivity contribution in [1.82, 2.24) is 29.5 Å². The number of anilines is 1. The van der Waals surface area contributed by atoms with Crippen molar-refractivity contribution in [1.29, 1.82) is 0 Å². The number of fused-ring (bicyclic) bond motifs is 1. The number of hydrogen-bond donors (Lipinski definition) is 3. The number of H-pyrrole nitrogens is 1. The minimum atomic E-state index is -4.25. The number of likely N-dealkylation sites (tertiary alicyclic amines) is 1. The molecule has 14 heteroatoms. The van der Waals surface area contributed by atoms with Crippen LogP contribution in [0.15, 0.2) is 41.7 Å². The van der Waals surface area contributed by atoms with Crippen LogP contribution in [0, 0.1) is 13.8 Å². The Hall–Kier alpha value is -4.46. The van der Waals surface area contributed by atoms with E-state index in [2.05, 4.69) is 26.8 Å². The highest BCUT2D eigenvalue weighted by molar-refractivity contribution is 5.99. The molecular weight excluding hydrogens is 601 g/mol. The van der Waals surface area contributed by atoms with Crippen molar-refractivity contribution in [2.24, 2.45) is 5.73 Å². The summed E-state index contributed by atoms with van der Waals surface area (Å²) in [5, 5.41) is 2.87. The van der Waals surface area contributed by atoms with Gasteiger partial charge in [0.15, 0.2) is 0 Å². The molecule has 0 spiro atoms. The number of rotatable bonds is 11. The average Bonchev–Trinajstić information content (AvgIpc) is 3.41. The number of aromatic amines is 1. The van der Waals surface area contributed by atoms with E-state index in [0.717, 1.165) is 0 Å². The van der Waals surface area contributed by atoms with Crippen molar-refractivity contribution >= 4 is 22.8 Å². The molecule has 3 aromatic rings. The highest BCUT2D eigenvalue weighted by atomic mass is 19.4. The van der Waals surface area contributed by atoms with Crippen molar-refractivity contribution < 1.29 is 22.7 Å². The Morgan fingerprint density at radius 3 is 2.52 bits per heavy atom. The number of nitrogens with zero attached hydrogens (tertiary/aromatic N) is 5. The number of piperidine rings is 1. The molecule has 0 atom stereocenters. The number of methoxy groups -OCH3 is 1. The van der Waals surface area contributed by atoms with Gasteiger partial charge in [0, 0.05) is 56.6 Å². The van der Waals surface area contributed by atoms with E-state index >= 15 is 0 Å². The number of aryl methyl sites for hydroxylation is 1. The molecule has 11 nitrogen and oxygen atoms in total. The summed E-state index contributed by atoms with van der Waals surface area (Å²) in [6.45, 7) is 9.87. The Balaban J connectivity index is 1.77. The van der Waals surface area contributed by atoms with Gasteiger partial charge in [-0.25, -0.2) is 4.98 Å². The molecule has 0 aromatic carbocycles. The second-order valence-corrected chi connectivity index (χ2v) is 11.8. The van der Waals surface area contributed by atoms with Crippen molar-refractivity contribution in [3.05, 3.63) is 75.4 Å². The zero-order valence-corrected chi connectivity index (χ0v) is 27.2. The summed E-state index contributed by atoms with van der Waals surface area (Å²) < 4.78 is 46.5. The van der Waals surface area contributed by atoms with Gasteiger partial charge in [-0.3, -0.25) is 18.9 Å². The standard InChI is InChI=1S/C32H43F3N8O3/c1-8-42(22-9-11-41(12-10-22)17-32(33,34)35)31-21(4)23(29(44)37-16-24-26(46-7)14-20(3)39-30(24)45)15-25-28(38-18-43(25)31)19(2)13-27(36)40(5)6/h13-15,18,22H,2,8-12,16-17,36H2,1,3-7H3,(H,37,44)(H,39,45)/b27-13+. The van der Waals surface area contributed by atoms with Crippen LogP contribution in [0.1, 0.15) is 52.6 Å². The zero-order chi connectivity index (χ0) is 33.9. The maximum atomic E-state index is 13.9. The first kappa shape index (κ1) is 34.4. The lowest BCUT2D eigenvalue weighted by Crippen LogP contribution is -2.48. The first-order valence-electron chi connectivity index (χ1n) is 15.1. The summed E-state index contributed by atoms with van der Waals surface area (Å²) >= 11 is 0. The summed E-state index contributed by atoms with van der Waals surface area (Å²) in [4.78, 5) is 39.2. The number of nitrogens with one attached hydrogen (secondary N) is 2. The second kappa shape index (κ2) is 13.9. The van der Waals surface area contributed by atoms with Gasteiger partial charge in [-0.1, -0.05) is 6.58 Å². The largest absolute Gasteiger partial charge is 0.496 e. The Bertz CT molecular complexity index is 1680. The molecule has 250 valence electrons. The molecule has 1 amide bonds. The van der Waals surface area contributed by atoms with E-state index < -0.39 is 18.6 Å². The van der Waals surface area contributed by atoms with Crippen molar-refractivity contribution in [2.75, 3.05) is 52.3 Å². The number of nitrogens with two attached hydrogens (primary N) is 1. The van der Waals surface area contributed by atoms with Gasteiger partial charge in [-0.05, 0) is 57.4 Å². The fraction of sp³-hybridized carbons (Fsp3) is 0.469. The maximum absolute atomic E-state index is 13.9. The van der Waals surface area contributed by atoms with Gasteiger partial charge >= 0.3 is 6.18 Å². The van der Waals surface area contributed by atoms with E-state index in [1.807, 2.05) is 32.3 Å². The number of hydrogen-bond acceptors (Lipinski definition) is 8. The Morgan fingerprint density at radius 1 is 1.26 bits per heavy atom. The zero-order valence-electron chi connectivity index (χ0n) is 27.2. The molecule has 3 aromatic heterocycles. The SMILES string of the molecule is C=C(/C=C(\N)N(C)C)c1ncn2c(N(CC)C3CCN(CC(F)(F)F)CC3)c(C)c(C(=O)NCc3c(OC)cc(C)[nH]c3=O)cc12. The Labute approximate surface area is 266 Å². The second-order valence-electron chi connectivity index (χ2n) is 11.8. The number of pyridine rings is 2. The number of ether oxygens (including phenoxy) is 1. The van der Waals surface area contributed by atoms with E-state index in [0.29, 0.717) is 83.5 Å². The Kier molecular flexibility index (Phi) is 10.4. The Morgan fingerprint density at radius 2 is 1.93 bits per heavy atom. The van der Waals surface area contributed by atoms with Crippen molar-refractivity contribution in [3.8, 4) is 5.75 Å². The predicted octanol–water partition coefficient (Wildman–Crippen LogP) is 3.81. The van der Waals surface area contributed by atoms with Crippen LogP contribution in [-0.4, -0.2) is 89.7 Å². The third-order valence-electron chi connectivity index (χ3n) is 8.33. The lowest BCUT2D eigenvalue weighted by molar-refractivity contribution is -0.147. The summed E-state index contributed by atoms with van der Waals surface area (Å²) in [5.74, 6) is 1.12. The highest BCUT2D eigenvalue weighted by Crippen LogP contribution is 2.33. The third-order valence-corrected chi connectivity index (χ3v) is 8.33. The van der Waals surface area contributed by atoms with E-state index in [1.165, 1.54) is 12.0 Å². The quantitative estimate of drug-likeness (QED) is 0.270. The van der Waals surface area contributed by atoms with E-state index in [9.17, 15) is 22.8 Å². The molecule has 46 heavy (non-hydrogen) atoms. The van der Waals surface area contributed by atoms with Crippen LogP contribution in [0.4, 0.5) is 19.0 Å². The van der Waals surface area contributed by atoms with Crippen molar-refractivity contribution in [2.45, 2.75) is 52.4 Å². The highest BCUT2D eigenvalue weighted by Gasteiger charge is 2.34. The molecule has 0 radical (unpaired) electrons. The number of carbonyl (C=O) groups is 1. The summed E-state index contributed by atoms with van der Waals surface area (Å²) in [6.07, 6.45) is 0.153. The van der Waals surface area contributed by atoms with Crippen LogP contribution >= 0.6 is 0 Å². The fourth-order valence-electron chi connectivity index (χ4n) is 5.95. The van der Waals surface area contributed by atoms with Gasteiger partial charge in [0.05, 0.1) is 42.8 Å². The van der Waals surface area contributed by atoms with Crippen LogP contribution in [0.25, 0.3) is 11.1 Å². The number of allylic oxidation sites excluding steroid dienone is 2. The smallest absolute Gasteiger partial charge is 0.401 e. The number of aromatic nitrogens is 3. The van der Waals surface area contributed by atoms with Crippen molar-refractivity contribution in [3.63, 3.8) is 0 Å². The van der Waals surface area contributed by atoms with E-state index in [1.54, 1.807) is 36.4 Å². The van der Waals surface area contributed by atoms with Gasteiger partial charge < -0.3 is 30.6 Å². The molecule has 1 saturated heterocycles. The average molecular weight is 645 g/mol. The minimum absolute atomic E-state index is 0.0663. The molecule has 1 aliphatic rings. The first-order valence-corrected chi connectivity index (χ1v) is 15.1. The van der Waals surface area contributed by atoms with Crippen LogP contribution in [-0.2, 0) is 6.54 Å². The molecule has 4 heterocycles. The van der Waals surface area contributed by atoms with Gasteiger partial charge in [-0.15, -0.1) is 0 Å². The first-order chi connectivity index (χ1) is 21.6. The topological polar surface area (TPSA) is 124 Å². The molecule has 1 fully saturated rings. The number of halogens is 3. The minimum Gasteiger partial charge on any atom is -0.496 e. The molecule has 0 bridgehead atoms. The maximum Gasteiger partial charge on any atom is 0.401 e. The summed E-state index contributed by atoms with van der Waals surface area (Å²) in [7, 11) is 5.07. The molecule has 1 aliphatic heterocycles. The van der Waals surface area contributed by atoms with E-state index in [-0.39, 0.29) is 23.7 Å². The fourth-order valence-corrected chi connectivity index (χ4v) is 5.95. The van der Waals surface area contributed by atoms with Gasteiger partial charge in [0.1, 0.15) is 17.9 Å². The van der Waals surface area contributed by atoms with Crippen LogP contribution in [0.2, 0.25) is 0 Å². The molecule has 4 N–H and O–H groups in total. The third kappa shape index (κ3) is 7.49. The van der Waals surface area contributed by atoms with Crippen LogP contribution in [0.5, 0.6) is 5.75 Å². The van der Waals surface area contributed by atoms with Gasteiger partial charge in [0.2, 0.25) is 0 Å². The monoisotopic (exact) mass is 644 g/mol. The molecule has 0 aliphatic carbocycles. The van der Waals surface area contributed by atoms with Crippen LogP contribution < -0.4 is 26.2 Å². The molecule has 4 rings (SSSR count). The normalized spacial score (nSPS) is 14.8. The summed E-state index contributed by atoms with van der Waals surface area (Å²) in [5.41, 5.74) is 9.39. The number of imidazole rings is 1. The van der Waals surface area contributed by atoms with Crippen LogP contribution in [0.3, 0.4) is 0 Å².